The Hall–Kier alpha value is -3.58. The van der Waals surface area contributed by atoms with E-state index in [1.54, 1.807) is 18.2 Å². The van der Waals surface area contributed by atoms with Gasteiger partial charge in [0.2, 0.25) is 0 Å². The van der Waals surface area contributed by atoms with Crippen LogP contribution in [0.2, 0.25) is 0 Å². The third kappa shape index (κ3) is 5.27. The van der Waals surface area contributed by atoms with Gasteiger partial charge in [0, 0.05) is 0 Å². The SMILES string of the molecule is CCOc1c(Br)cc(/C=C(\C#N)C(=O)Nc2ccc(OC)cc2[N+](=O)[O-])cc1OC. The van der Waals surface area contributed by atoms with Crippen LogP contribution in [0.5, 0.6) is 17.2 Å². The number of nitro groups is 1. The summed E-state index contributed by atoms with van der Waals surface area (Å²) in [5.74, 6) is 0.381. The summed E-state index contributed by atoms with van der Waals surface area (Å²) in [5.41, 5.74) is -0.167. The molecule has 2 rings (SSSR count). The molecule has 0 aliphatic carbocycles. The molecule has 1 amide bonds. The molecular weight excluding hydrogens is 458 g/mol. The van der Waals surface area contributed by atoms with E-state index in [2.05, 4.69) is 21.2 Å². The van der Waals surface area contributed by atoms with Crippen LogP contribution >= 0.6 is 15.9 Å². The fourth-order valence-electron chi connectivity index (χ4n) is 2.51. The van der Waals surface area contributed by atoms with Gasteiger partial charge < -0.3 is 19.5 Å². The Labute approximate surface area is 181 Å². The molecule has 2 aromatic rings. The zero-order chi connectivity index (χ0) is 22.3. The van der Waals surface area contributed by atoms with Gasteiger partial charge in [0.1, 0.15) is 23.1 Å². The van der Waals surface area contributed by atoms with Crippen molar-refractivity contribution in [3.63, 3.8) is 0 Å². The summed E-state index contributed by atoms with van der Waals surface area (Å²) in [6.07, 6.45) is 1.34. The van der Waals surface area contributed by atoms with Crippen molar-refractivity contribution in [1.82, 2.24) is 0 Å². The summed E-state index contributed by atoms with van der Waals surface area (Å²) < 4.78 is 16.4. The van der Waals surface area contributed by atoms with Gasteiger partial charge in [-0.15, -0.1) is 0 Å². The average Bonchev–Trinajstić information content (AvgIpc) is 2.73. The lowest BCUT2D eigenvalue weighted by Gasteiger charge is -2.12. The van der Waals surface area contributed by atoms with E-state index in [4.69, 9.17) is 14.2 Å². The van der Waals surface area contributed by atoms with Gasteiger partial charge in [0.05, 0.1) is 36.3 Å². The number of nitrogens with one attached hydrogen (secondary N) is 1. The zero-order valence-electron chi connectivity index (χ0n) is 16.4. The molecule has 1 N–H and O–H groups in total. The fraction of sp³-hybridized carbons (Fsp3) is 0.200. The molecule has 30 heavy (non-hydrogen) atoms. The van der Waals surface area contributed by atoms with Crippen molar-refractivity contribution in [2.45, 2.75) is 6.92 Å². The van der Waals surface area contributed by atoms with E-state index in [-0.39, 0.29) is 22.7 Å². The standard InChI is InChI=1S/C20H18BrN3O6/c1-4-30-19-15(21)8-12(9-18(19)29-3)7-13(11-22)20(25)23-16-6-5-14(28-2)10-17(16)24(26)27/h5-10H,4H2,1-3H3,(H,23,25)/b13-7+. The third-order valence-corrected chi connectivity index (χ3v) is 4.46. The van der Waals surface area contributed by atoms with Gasteiger partial charge in [-0.1, -0.05) is 0 Å². The van der Waals surface area contributed by atoms with E-state index < -0.39 is 10.8 Å². The molecule has 156 valence electrons. The fourth-order valence-corrected chi connectivity index (χ4v) is 3.08. The van der Waals surface area contributed by atoms with Gasteiger partial charge in [0.25, 0.3) is 11.6 Å². The van der Waals surface area contributed by atoms with Gasteiger partial charge in [-0.05, 0) is 58.8 Å². The van der Waals surface area contributed by atoms with Crippen LogP contribution in [-0.2, 0) is 4.79 Å². The Morgan fingerprint density at radius 1 is 1.30 bits per heavy atom. The van der Waals surface area contributed by atoms with Crippen LogP contribution in [-0.4, -0.2) is 31.7 Å². The topological polar surface area (TPSA) is 124 Å². The van der Waals surface area contributed by atoms with Crippen molar-refractivity contribution in [2.75, 3.05) is 26.1 Å². The summed E-state index contributed by atoms with van der Waals surface area (Å²) >= 11 is 3.38. The molecule has 0 spiro atoms. The summed E-state index contributed by atoms with van der Waals surface area (Å²) in [6.45, 7) is 2.26. The Bertz CT molecular complexity index is 1050. The van der Waals surface area contributed by atoms with Gasteiger partial charge >= 0.3 is 0 Å². The number of nitro benzene ring substituents is 1. The predicted molar refractivity (Wildman–Crippen MR) is 114 cm³/mol. The molecule has 0 unspecified atom stereocenters. The second-order valence-corrected chi connectivity index (χ2v) is 6.59. The highest BCUT2D eigenvalue weighted by Gasteiger charge is 2.19. The molecule has 0 atom stereocenters. The summed E-state index contributed by atoms with van der Waals surface area (Å²) in [7, 11) is 2.84. The number of benzene rings is 2. The van der Waals surface area contributed by atoms with Crippen LogP contribution in [0, 0.1) is 21.4 Å². The highest BCUT2D eigenvalue weighted by Crippen LogP contribution is 2.37. The molecule has 0 bridgehead atoms. The van der Waals surface area contributed by atoms with Crippen molar-refractivity contribution in [3.8, 4) is 23.3 Å². The Morgan fingerprint density at radius 2 is 2.03 bits per heavy atom. The van der Waals surface area contributed by atoms with Crippen molar-refractivity contribution in [3.05, 3.63) is 56.1 Å². The molecule has 0 aromatic heterocycles. The smallest absolute Gasteiger partial charge is 0.296 e. The van der Waals surface area contributed by atoms with Crippen LogP contribution in [0.15, 0.2) is 40.4 Å². The van der Waals surface area contributed by atoms with E-state index in [1.807, 2.05) is 6.92 Å². The Balaban J connectivity index is 2.38. The van der Waals surface area contributed by atoms with Gasteiger partial charge in [0.15, 0.2) is 11.5 Å². The lowest BCUT2D eigenvalue weighted by Crippen LogP contribution is -2.14. The number of carbonyl (C=O) groups is 1. The van der Waals surface area contributed by atoms with E-state index >= 15 is 0 Å². The van der Waals surface area contributed by atoms with Crippen molar-refractivity contribution in [2.24, 2.45) is 0 Å². The molecular formula is C20H18BrN3O6. The van der Waals surface area contributed by atoms with Gasteiger partial charge in [-0.3, -0.25) is 14.9 Å². The van der Waals surface area contributed by atoms with Gasteiger partial charge in [-0.25, -0.2) is 0 Å². The number of nitrogens with zero attached hydrogens (tertiary/aromatic N) is 2. The first-order chi connectivity index (χ1) is 14.3. The molecule has 0 saturated heterocycles. The number of carbonyl (C=O) groups excluding carboxylic acids is 1. The number of methoxy groups -OCH3 is 2. The van der Waals surface area contributed by atoms with E-state index in [0.717, 1.165) is 0 Å². The van der Waals surface area contributed by atoms with Crippen molar-refractivity contribution in [1.29, 1.82) is 5.26 Å². The molecule has 0 aliphatic rings. The first-order valence-electron chi connectivity index (χ1n) is 8.60. The summed E-state index contributed by atoms with van der Waals surface area (Å²) in [6, 6.07) is 9.05. The normalized spacial score (nSPS) is 10.7. The van der Waals surface area contributed by atoms with Crippen LogP contribution < -0.4 is 19.5 Å². The number of hydrogen-bond acceptors (Lipinski definition) is 7. The number of ether oxygens (including phenoxy) is 3. The van der Waals surface area contributed by atoms with E-state index in [1.165, 1.54) is 38.5 Å². The van der Waals surface area contributed by atoms with Crippen LogP contribution in [0.3, 0.4) is 0 Å². The molecule has 0 saturated carbocycles. The predicted octanol–water partition coefficient (Wildman–Crippen LogP) is 4.32. The third-order valence-electron chi connectivity index (χ3n) is 3.87. The largest absolute Gasteiger partial charge is 0.496 e. The zero-order valence-corrected chi connectivity index (χ0v) is 18.0. The monoisotopic (exact) mass is 475 g/mol. The minimum atomic E-state index is -0.797. The molecule has 0 fully saturated rings. The van der Waals surface area contributed by atoms with Crippen molar-refractivity contribution >= 4 is 39.3 Å². The van der Waals surface area contributed by atoms with Crippen LogP contribution in [0.4, 0.5) is 11.4 Å². The van der Waals surface area contributed by atoms with Crippen LogP contribution in [0.25, 0.3) is 6.08 Å². The highest BCUT2D eigenvalue weighted by molar-refractivity contribution is 9.10. The minimum Gasteiger partial charge on any atom is -0.496 e. The Morgan fingerprint density at radius 3 is 2.60 bits per heavy atom. The second-order valence-electron chi connectivity index (χ2n) is 5.73. The maximum absolute atomic E-state index is 12.6. The number of anilines is 1. The quantitative estimate of drug-likeness (QED) is 0.261. The number of halogens is 1. The number of rotatable bonds is 8. The summed E-state index contributed by atoms with van der Waals surface area (Å²) in [4.78, 5) is 23.2. The number of hydrogen-bond donors (Lipinski definition) is 1. The maximum atomic E-state index is 12.6. The van der Waals surface area contributed by atoms with Gasteiger partial charge in [-0.2, -0.15) is 5.26 Å². The molecule has 10 heteroatoms. The Kier molecular flexibility index (Phi) is 7.77. The lowest BCUT2D eigenvalue weighted by atomic mass is 10.1. The summed E-state index contributed by atoms with van der Waals surface area (Å²) in [5, 5.41) is 23.1. The second kappa shape index (κ2) is 10.3. The minimum absolute atomic E-state index is 0.0580. The first kappa shape index (κ1) is 22.7. The lowest BCUT2D eigenvalue weighted by molar-refractivity contribution is -0.384. The maximum Gasteiger partial charge on any atom is 0.296 e. The van der Waals surface area contributed by atoms with E-state index in [9.17, 15) is 20.2 Å². The molecule has 2 aromatic carbocycles. The number of nitriles is 1. The molecule has 0 heterocycles. The average molecular weight is 476 g/mol. The first-order valence-corrected chi connectivity index (χ1v) is 9.39. The van der Waals surface area contributed by atoms with E-state index in [0.29, 0.717) is 28.1 Å². The molecule has 0 radical (unpaired) electrons. The van der Waals surface area contributed by atoms with Crippen molar-refractivity contribution < 1.29 is 23.9 Å². The molecule has 0 aliphatic heterocycles. The van der Waals surface area contributed by atoms with Crippen LogP contribution in [0.1, 0.15) is 12.5 Å². The molecule has 9 nitrogen and oxygen atoms in total. The number of amides is 1. The highest BCUT2D eigenvalue weighted by atomic mass is 79.9.